The van der Waals surface area contributed by atoms with Gasteiger partial charge in [0.2, 0.25) is 0 Å². The van der Waals surface area contributed by atoms with Crippen molar-refractivity contribution in [2.24, 2.45) is 4.99 Å². The van der Waals surface area contributed by atoms with Crippen molar-refractivity contribution in [3.05, 3.63) is 46.0 Å². The molecule has 0 atom stereocenters. The molecule has 1 aliphatic carbocycles. The molecular formula is C17H21FN2S. The maximum absolute atomic E-state index is 13.8. The van der Waals surface area contributed by atoms with Gasteiger partial charge in [0.1, 0.15) is 11.5 Å². The number of hydrogen-bond acceptors (Lipinski definition) is 2. The number of benzene rings is 1. The van der Waals surface area contributed by atoms with Gasteiger partial charge < -0.3 is 4.57 Å². The second-order valence-corrected chi connectivity index (χ2v) is 6.57. The molecule has 21 heavy (non-hydrogen) atoms. The van der Waals surface area contributed by atoms with Gasteiger partial charge in [0, 0.05) is 17.1 Å². The molecule has 0 aliphatic heterocycles. The first-order valence-corrected chi connectivity index (χ1v) is 8.59. The monoisotopic (exact) mass is 304 g/mol. The van der Waals surface area contributed by atoms with Gasteiger partial charge >= 0.3 is 0 Å². The predicted octanol–water partition coefficient (Wildman–Crippen LogP) is 5.12. The van der Waals surface area contributed by atoms with Crippen molar-refractivity contribution in [2.45, 2.75) is 51.5 Å². The van der Waals surface area contributed by atoms with Crippen molar-refractivity contribution < 1.29 is 4.39 Å². The van der Waals surface area contributed by atoms with E-state index < -0.39 is 0 Å². The molecule has 0 saturated heterocycles. The summed E-state index contributed by atoms with van der Waals surface area (Å²) in [4.78, 5) is 5.49. The lowest BCUT2D eigenvalue weighted by molar-refractivity contribution is 0.428. The van der Waals surface area contributed by atoms with Crippen LogP contribution in [0.2, 0.25) is 0 Å². The highest BCUT2D eigenvalue weighted by Gasteiger charge is 2.17. The summed E-state index contributed by atoms with van der Waals surface area (Å²) in [5.74, 6) is -0.254. The van der Waals surface area contributed by atoms with E-state index in [0.29, 0.717) is 11.7 Å². The molecule has 1 aromatic carbocycles. The topological polar surface area (TPSA) is 17.3 Å². The summed E-state index contributed by atoms with van der Waals surface area (Å²) in [5.41, 5.74) is 1.67. The summed E-state index contributed by atoms with van der Waals surface area (Å²) in [6.45, 7) is 2.13. The molecule has 2 aromatic rings. The van der Waals surface area contributed by atoms with E-state index in [0.717, 1.165) is 4.80 Å². The van der Waals surface area contributed by atoms with Crippen LogP contribution in [-0.4, -0.2) is 4.57 Å². The second-order valence-electron chi connectivity index (χ2n) is 5.74. The summed E-state index contributed by atoms with van der Waals surface area (Å²) in [6.07, 6.45) is 7.66. The number of hydrogen-bond donors (Lipinski definition) is 0. The lowest BCUT2D eigenvalue weighted by Gasteiger charge is -2.18. The van der Waals surface area contributed by atoms with Gasteiger partial charge in [-0.3, -0.25) is 0 Å². The quantitative estimate of drug-likeness (QED) is 0.685. The number of halogens is 1. The van der Waals surface area contributed by atoms with Gasteiger partial charge in [-0.1, -0.05) is 37.8 Å². The summed E-state index contributed by atoms with van der Waals surface area (Å²) >= 11 is 1.61. The Morgan fingerprint density at radius 1 is 1.14 bits per heavy atom. The first kappa shape index (κ1) is 14.5. The molecule has 0 radical (unpaired) electrons. The Bertz CT molecular complexity index is 663. The molecule has 112 valence electrons. The molecule has 0 spiro atoms. The van der Waals surface area contributed by atoms with Crippen LogP contribution in [-0.2, 0) is 0 Å². The molecule has 0 N–H and O–H groups in total. The van der Waals surface area contributed by atoms with Crippen molar-refractivity contribution >= 4 is 17.0 Å². The van der Waals surface area contributed by atoms with E-state index in [1.54, 1.807) is 23.5 Å². The highest BCUT2D eigenvalue weighted by Crippen LogP contribution is 2.28. The number of para-hydroxylation sites is 1. The zero-order valence-electron chi connectivity index (χ0n) is 12.4. The minimum Gasteiger partial charge on any atom is -0.318 e. The highest BCUT2D eigenvalue weighted by molar-refractivity contribution is 7.07. The molecule has 4 heteroatoms. The van der Waals surface area contributed by atoms with Crippen molar-refractivity contribution in [2.75, 3.05) is 0 Å². The maximum atomic E-state index is 13.8. The number of thiazole rings is 1. The van der Waals surface area contributed by atoms with Crippen molar-refractivity contribution in [3.8, 4) is 0 Å². The van der Waals surface area contributed by atoms with Crippen LogP contribution in [0, 0.1) is 12.7 Å². The Balaban J connectivity index is 2.02. The summed E-state index contributed by atoms with van der Waals surface area (Å²) in [7, 11) is 0. The van der Waals surface area contributed by atoms with Crippen LogP contribution >= 0.6 is 11.3 Å². The van der Waals surface area contributed by atoms with Crippen molar-refractivity contribution in [1.82, 2.24) is 4.57 Å². The Morgan fingerprint density at radius 3 is 2.57 bits per heavy atom. The first-order chi connectivity index (χ1) is 10.3. The van der Waals surface area contributed by atoms with E-state index in [-0.39, 0.29) is 5.82 Å². The maximum Gasteiger partial charge on any atom is 0.190 e. The fourth-order valence-electron chi connectivity index (χ4n) is 3.09. The van der Waals surface area contributed by atoms with E-state index in [9.17, 15) is 4.39 Å². The first-order valence-electron chi connectivity index (χ1n) is 7.71. The van der Waals surface area contributed by atoms with E-state index >= 15 is 0 Å². The highest BCUT2D eigenvalue weighted by atomic mass is 32.1. The van der Waals surface area contributed by atoms with E-state index in [2.05, 4.69) is 21.9 Å². The fourth-order valence-corrected chi connectivity index (χ4v) is 4.04. The molecule has 1 saturated carbocycles. The van der Waals surface area contributed by atoms with E-state index in [1.807, 2.05) is 6.07 Å². The summed E-state index contributed by atoms with van der Waals surface area (Å²) < 4.78 is 16.1. The minimum atomic E-state index is -0.254. The molecule has 1 heterocycles. The zero-order valence-corrected chi connectivity index (χ0v) is 13.2. The standard InChI is InChI=1S/C17H21FN2S/c1-13-12-21-17(19-16-11-7-6-10-15(16)18)20(13)14-8-4-2-3-5-9-14/h6-7,10-12,14H,2-5,8-9H2,1H3. The SMILES string of the molecule is Cc1csc(=Nc2ccccc2F)n1C1CCCCCC1. The second kappa shape index (κ2) is 6.56. The normalized spacial score (nSPS) is 17.9. The Hall–Kier alpha value is -1.42. The smallest absolute Gasteiger partial charge is 0.190 e. The third-order valence-electron chi connectivity index (χ3n) is 4.18. The van der Waals surface area contributed by atoms with Gasteiger partial charge in [0.05, 0.1) is 0 Å². The van der Waals surface area contributed by atoms with Gasteiger partial charge in [-0.15, -0.1) is 11.3 Å². The Labute approximate surface area is 129 Å². The molecule has 2 nitrogen and oxygen atoms in total. The van der Waals surface area contributed by atoms with Gasteiger partial charge in [-0.05, 0) is 31.9 Å². The average molecular weight is 304 g/mol. The molecule has 1 aliphatic rings. The zero-order chi connectivity index (χ0) is 14.7. The van der Waals surface area contributed by atoms with E-state index in [1.165, 1.54) is 50.3 Å². The number of aryl methyl sites for hydroxylation is 1. The van der Waals surface area contributed by atoms with Crippen molar-refractivity contribution in [1.29, 1.82) is 0 Å². The predicted molar refractivity (Wildman–Crippen MR) is 85.4 cm³/mol. The third-order valence-corrected chi connectivity index (χ3v) is 5.14. The van der Waals surface area contributed by atoms with Crippen LogP contribution in [0.4, 0.5) is 10.1 Å². The molecule has 0 bridgehead atoms. The number of rotatable bonds is 2. The van der Waals surface area contributed by atoms with E-state index in [4.69, 9.17) is 0 Å². The Morgan fingerprint density at radius 2 is 1.86 bits per heavy atom. The largest absolute Gasteiger partial charge is 0.318 e. The van der Waals surface area contributed by atoms with Crippen LogP contribution in [0.25, 0.3) is 0 Å². The van der Waals surface area contributed by atoms with Gasteiger partial charge in [-0.25, -0.2) is 9.38 Å². The number of nitrogens with zero attached hydrogens (tertiary/aromatic N) is 2. The Kier molecular flexibility index (Phi) is 4.54. The van der Waals surface area contributed by atoms with Gasteiger partial charge in [0.25, 0.3) is 0 Å². The molecule has 3 rings (SSSR count). The number of aromatic nitrogens is 1. The lowest BCUT2D eigenvalue weighted by atomic mass is 10.1. The molecule has 0 amide bonds. The molecular weight excluding hydrogens is 283 g/mol. The summed E-state index contributed by atoms with van der Waals surface area (Å²) in [5, 5.41) is 2.13. The van der Waals surface area contributed by atoms with Gasteiger partial charge in [-0.2, -0.15) is 0 Å². The lowest BCUT2D eigenvalue weighted by Crippen LogP contribution is -2.21. The van der Waals surface area contributed by atoms with Crippen LogP contribution in [0.1, 0.15) is 50.3 Å². The van der Waals surface area contributed by atoms with Crippen LogP contribution in [0.3, 0.4) is 0 Å². The van der Waals surface area contributed by atoms with Gasteiger partial charge in [0.15, 0.2) is 4.80 Å². The minimum absolute atomic E-state index is 0.254. The average Bonchev–Trinajstić information content (AvgIpc) is 2.69. The molecule has 1 aromatic heterocycles. The van der Waals surface area contributed by atoms with Crippen molar-refractivity contribution in [3.63, 3.8) is 0 Å². The third kappa shape index (κ3) is 3.26. The molecule has 0 unspecified atom stereocenters. The van der Waals surface area contributed by atoms with Crippen LogP contribution < -0.4 is 4.80 Å². The van der Waals surface area contributed by atoms with Crippen LogP contribution in [0.15, 0.2) is 34.6 Å². The fraction of sp³-hybridized carbons (Fsp3) is 0.471. The summed E-state index contributed by atoms with van der Waals surface area (Å²) in [6, 6.07) is 7.26. The van der Waals surface area contributed by atoms with Crippen LogP contribution in [0.5, 0.6) is 0 Å². The molecule has 1 fully saturated rings.